The summed E-state index contributed by atoms with van der Waals surface area (Å²) in [6.07, 6.45) is 0. The minimum absolute atomic E-state index is 0.123. The molecule has 0 saturated heterocycles. The van der Waals surface area contributed by atoms with Gasteiger partial charge in [0, 0.05) is 0 Å². The molecule has 3 N–H and O–H groups in total. The third-order valence-corrected chi connectivity index (χ3v) is 3.85. The Labute approximate surface area is 165 Å². The van der Waals surface area contributed by atoms with E-state index in [9.17, 15) is 18.4 Å². The molecule has 1 unspecified atom stereocenters. The molecular weight excluding hydrogens is 401 g/mol. The Balaban J connectivity index is 0.000000337. The van der Waals surface area contributed by atoms with Gasteiger partial charge in [0.2, 0.25) is 5.91 Å². The molecule has 0 bridgehead atoms. The fourth-order valence-corrected chi connectivity index (χ4v) is 2.01. The van der Waals surface area contributed by atoms with Crippen LogP contribution in [0.4, 0.5) is 20.2 Å². The second-order valence-corrected chi connectivity index (χ2v) is 6.07. The zero-order valence-electron chi connectivity index (χ0n) is 14.6. The Kier molecular flexibility index (Phi) is 8.97. The summed E-state index contributed by atoms with van der Waals surface area (Å²) < 4.78 is 29.9. The van der Waals surface area contributed by atoms with E-state index in [4.69, 9.17) is 33.7 Å². The van der Waals surface area contributed by atoms with Gasteiger partial charge in [-0.2, -0.15) is 0 Å². The number of carbonyl (C=O) groups excluding carboxylic acids is 2. The van der Waals surface area contributed by atoms with Gasteiger partial charge in [-0.25, -0.2) is 8.78 Å². The van der Waals surface area contributed by atoms with Crippen LogP contribution in [0.3, 0.4) is 0 Å². The summed E-state index contributed by atoms with van der Waals surface area (Å²) in [4.78, 5) is 23.0. The van der Waals surface area contributed by atoms with Crippen molar-refractivity contribution in [1.82, 2.24) is 0 Å². The first kappa shape index (κ1) is 22.7. The van der Waals surface area contributed by atoms with Gasteiger partial charge < -0.3 is 15.8 Å². The number of halogens is 4. The van der Waals surface area contributed by atoms with Gasteiger partial charge in [-0.3, -0.25) is 9.59 Å². The van der Waals surface area contributed by atoms with Crippen molar-refractivity contribution in [1.29, 1.82) is 0 Å². The lowest BCUT2D eigenvalue weighted by molar-refractivity contribution is -0.150. The van der Waals surface area contributed by atoms with Crippen LogP contribution in [0.25, 0.3) is 0 Å². The first-order valence-electron chi connectivity index (χ1n) is 7.78. The zero-order chi connectivity index (χ0) is 20.6. The zero-order valence-corrected chi connectivity index (χ0v) is 16.1. The molecule has 0 aliphatic heterocycles. The van der Waals surface area contributed by atoms with Gasteiger partial charge in [0.15, 0.2) is 0 Å². The maximum Gasteiger partial charge on any atom is 0.318 e. The topological polar surface area (TPSA) is 81.4 Å². The van der Waals surface area contributed by atoms with Crippen molar-refractivity contribution in [2.75, 3.05) is 17.7 Å². The fourth-order valence-electron chi connectivity index (χ4n) is 1.72. The lowest BCUT2D eigenvalue weighted by Crippen LogP contribution is -2.28. The van der Waals surface area contributed by atoms with Gasteiger partial charge in [0.25, 0.3) is 0 Å². The maximum atomic E-state index is 13.0. The minimum atomic E-state index is -0.982. The highest BCUT2D eigenvalue weighted by atomic mass is 35.5. The van der Waals surface area contributed by atoms with Crippen LogP contribution in [0, 0.1) is 17.6 Å². The van der Waals surface area contributed by atoms with Gasteiger partial charge in [-0.05, 0) is 50.2 Å². The molecule has 0 aliphatic carbocycles. The first-order valence-corrected chi connectivity index (χ1v) is 8.54. The van der Waals surface area contributed by atoms with Gasteiger partial charge in [-0.15, -0.1) is 0 Å². The first-order chi connectivity index (χ1) is 12.6. The number of amides is 1. The van der Waals surface area contributed by atoms with E-state index in [1.165, 1.54) is 37.3 Å². The summed E-state index contributed by atoms with van der Waals surface area (Å²) in [5, 5.41) is 2.96. The highest BCUT2D eigenvalue weighted by molar-refractivity contribution is 6.34. The predicted octanol–water partition coefficient (Wildman–Crippen LogP) is 4.68. The lowest BCUT2D eigenvalue weighted by atomic mass is 10.1. The molecule has 0 aromatic heterocycles. The smallest absolute Gasteiger partial charge is 0.318 e. The molecule has 0 fully saturated rings. The van der Waals surface area contributed by atoms with Crippen LogP contribution in [0.2, 0.25) is 10.0 Å². The molecule has 1 atom stereocenters. The van der Waals surface area contributed by atoms with Crippen LogP contribution >= 0.6 is 23.2 Å². The molecule has 9 heteroatoms. The van der Waals surface area contributed by atoms with Gasteiger partial charge in [0.05, 0.1) is 28.0 Å². The van der Waals surface area contributed by atoms with Crippen molar-refractivity contribution in [2.45, 2.75) is 13.8 Å². The average molecular weight is 419 g/mol. The van der Waals surface area contributed by atoms with Crippen molar-refractivity contribution < 1.29 is 23.1 Å². The number of nitrogens with one attached hydrogen (secondary N) is 1. The molecular formula is C18H18Cl2F2N2O3. The molecule has 2 aromatic carbocycles. The Hall–Kier alpha value is -2.38. The molecule has 27 heavy (non-hydrogen) atoms. The number of nitrogens with two attached hydrogens (primary N) is 1. The summed E-state index contributed by atoms with van der Waals surface area (Å²) in [7, 11) is 0. The molecule has 0 radical (unpaired) electrons. The van der Waals surface area contributed by atoms with Crippen LogP contribution in [0.5, 0.6) is 0 Å². The molecule has 5 nitrogen and oxygen atoms in total. The Bertz CT molecular complexity index is 819. The second kappa shape index (κ2) is 10.7. The van der Waals surface area contributed by atoms with E-state index < -0.39 is 23.6 Å². The minimum Gasteiger partial charge on any atom is -0.465 e. The van der Waals surface area contributed by atoms with Crippen molar-refractivity contribution in [3.05, 3.63) is 58.1 Å². The SMILES string of the molecule is CCOC(=O)C(C)C(=O)Nc1cc(F)ccc1Cl.Nc1cc(F)ccc1Cl. The third-order valence-electron chi connectivity index (χ3n) is 3.18. The second-order valence-electron chi connectivity index (χ2n) is 5.25. The van der Waals surface area contributed by atoms with E-state index in [0.717, 1.165) is 6.07 Å². The third kappa shape index (κ3) is 7.40. The van der Waals surface area contributed by atoms with Gasteiger partial charge >= 0.3 is 5.97 Å². The van der Waals surface area contributed by atoms with Crippen molar-refractivity contribution in [2.24, 2.45) is 5.92 Å². The molecule has 2 aromatic rings. The van der Waals surface area contributed by atoms with Crippen LogP contribution in [-0.2, 0) is 14.3 Å². The molecule has 2 rings (SSSR count). The Morgan fingerprint density at radius 2 is 1.67 bits per heavy atom. The molecule has 0 spiro atoms. The summed E-state index contributed by atoms with van der Waals surface area (Å²) in [5.41, 5.74) is 5.65. The maximum absolute atomic E-state index is 13.0. The fraction of sp³-hybridized carbons (Fsp3) is 0.222. The van der Waals surface area contributed by atoms with Gasteiger partial charge in [0.1, 0.15) is 17.6 Å². The normalized spacial score (nSPS) is 11.0. The number of esters is 1. The Morgan fingerprint density at radius 3 is 2.19 bits per heavy atom. The standard InChI is InChI=1S/C12H13ClFNO3.C6H5ClFN/c1-3-18-12(17)7(2)11(16)15-10-6-8(14)4-5-9(10)13;7-5-2-1-4(8)3-6(5)9/h4-7H,3H2,1-2H3,(H,15,16);1-3H,9H2. The summed E-state index contributed by atoms with van der Waals surface area (Å²) >= 11 is 11.3. The number of benzene rings is 2. The number of rotatable bonds is 4. The monoisotopic (exact) mass is 418 g/mol. The number of hydrogen-bond acceptors (Lipinski definition) is 4. The molecule has 0 aliphatic rings. The Morgan fingerprint density at radius 1 is 1.11 bits per heavy atom. The summed E-state index contributed by atoms with van der Waals surface area (Å²) in [6, 6.07) is 7.44. The summed E-state index contributed by atoms with van der Waals surface area (Å²) in [5.74, 6) is -3.11. The van der Waals surface area contributed by atoms with E-state index in [2.05, 4.69) is 5.32 Å². The molecule has 146 valence electrons. The van der Waals surface area contributed by atoms with Crippen LogP contribution in [-0.4, -0.2) is 18.5 Å². The molecule has 1 amide bonds. The van der Waals surface area contributed by atoms with Gasteiger partial charge in [-0.1, -0.05) is 23.2 Å². The molecule has 0 saturated carbocycles. The molecule has 0 heterocycles. The van der Waals surface area contributed by atoms with Crippen LogP contribution in [0.1, 0.15) is 13.8 Å². The van der Waals surface area contributed by atoms with Crippen molar-refractivity contribution in [3.63, 3.8) is 0 Å². The van der Waals surface area contributed by atoms with E-state index in [-0.39, 0.29) is 28.8 Å². The van der Waals surface area contributed by atoms with Crippen LogP contribution < -0.4 is 11.1 Å². The lowest BCUT2D eigenvalue weighted by Gasteiger charge is -2.12. The quantitative estimate of drug-likeness (QED) is 0.429. The van der Waals surface area contributed by atoms with Crippen molar-refractivity contribution in [3.8, 4) is 0 Å². The predicted molar refractivity (Wildman–Crippen MR) is 102 cm³/mol. The number of ether oxygens (including phenoxy) is 1. The largest absolute Gasteiger partial charge is 0.465 e. The number of nitrogen functional groups attached to an aromatic ring is 1. The van der Waals surface area contributed by atoms with Crippen LogP contribution in [0.15, 0.2) is 36.4 Å². The van der Waals surface area contributed by atoms with E-state index in [1.54, 1.807) is 6.92 Å². The highest BCUT2D eigenvalue weighted by Crippen LogP contribution is 2.23. The van der Waals surface area contributed by atoms with E-state index >= 15 is 0 Å². The number of anilines is 2. The van der Waals surface area contributed by atoms with Crippen molar-refractivity contribution >= 4 is 46.5 Å². The van der Waals surface area contributed by atoms with E-state index in [1.807, 2.05) is 0 Å². The number of carbonyl (C=O) groups is 2. The van der Waals surface area contributed by atoms with E-state index in [0.29, 0.717) is 5.02 Å². The average Bonchev–Trinajstić information content (AvgIpc) is 2.61. The number of hydrogen-bond donors (Lipinski definition) is 2. The highest BCUT2D eigenvalue weighted by Gasteiger charge is 2.23. The summed E-state index contributed by atoms with van der Waals surface area (Å²) in [6.45, 7) is 3.24.